The molecule has 1 saturated heterocycles. The highest BCUT2D eigenvalue weighted by Gasteiger charge is 2.46. The summed E-state index contributed by atoms with van der Waals surface area (Å²) in [4.78, 5) is 27.6. The van der Waals surface area contributed by atoms with Crippen LogP contribution in [0.15, 0.2) is 48.2 Å². The van der Waals surface area contributed by atoms with Crippen molar-refractivity contribution < 1.29 is 18.0 Å². The van der Waals surface area contributed by atoms with E-state index in [1.165, 1.54) is 11.2 Å². The van der Waals surface area contributed by atoms with Gasteiger partial charge in [-0.15, -0.1) is 0 Å². The normalized spacial score (nSPS) is 22.1. The lowest BCUT2D eigenvalue weighted by molar-refractivity contribution is -0.122. The zero-order chi connectivity index (χ0) is 21.4. The van der Waals surface area contributed by atoms with Gasteiger partial charge in [-0.3, -0.25) is 15.1 Å². The van der Waals surface area contributed by atoms with Gasteiger partial charge >= 0.3 is 6.03 Å². The van der Waals surface area contributed by atoms with E-state index in [9.17, 15) is 18.0 Å². The Balaban J connectivity index is 1.48. The zero-order valence-corrected chi connectivity index (χ0v) is 17.1. The molecule has 0 radical (unpaired) electrons. The molecule has 2 aliphatic rings. The van der Waals surface area contributed by atoms with Crippen molar-refractivity contribution in [3.63, 3.8) is 0 Å². The van der Waals surface area contributed by atoms with Crippen LogP contribution >= 0.6 is 0 Å². The summed E-state index contributed by atoms with van der Waals surface area (Å²) in [6, 6.07) is 8.91. The summed E-state index contributed by atoms with van der Waals surface area (Å²) in [6.07, 6.45) is 4.00. The minimum Gasteiger partial charge on any atom is -0.322 e. The van der Waals surface area contributed by atoms with Gasteiger partial charge in [0.15, 0.2) is 0 Å². The third kappa shape index (κ3) is 3.92. The van der Waals surface area contributed by atoms with Crippen LogP contribution in [0.25, 0.3) is 10.9 Å². The first kappa shape index (κ1) is 20.1. The molecule has 2 aromatic rings. The number of aromatic nitrogens is 1. The number of imide groups is 1. The Morgan fingerprint density at radius 2 is 2.03 bits per heavy atom. The first-order valence-corrected chi connectivity index (χ1v) is 11.0. The van der Waals surface area contributed by atoms with Crippen LogP contribution in [0.4, 0.5) is 4.79 Å². The number of carbonyl (C=O) groups is 2. The van der Waals surface area contributed by atoms with Gasteiger partial charge in [0.25, 0.3) is 5.91 Å². The minimum absolute atomic E-state index is 0.176. The van der Waals surface area contributed by atoms with Crippen LogP contribution in [0.1, 0.15) is 18.9 Å². The molecule has 3 amide bonds. The minimum atomic E-state index is -3.74. The zero-order valence-electron chi connectivity index (χ0n) is 16.3. The van der Waals surface area contributed by atoms with E-state index < -0.39 is 33.3 Å². The number of nitrogens with one attached hydrogen (secondary N) is 2. The number of benzene rings is 1. The average molecular weight is 424 g/mol. The molecule has 0 bridgehead atoms. The van der Waals surface area contributed by atoms with Gasteiger partial charge in [-0.25, -0.2) is 13.2 Å². The number of hydrogen-bond donors (Lipinski definition) is 2. The van der Waals surface area contributed by atoms with Gasteiger partial charge < -0.3 is 5.32 Å². The Bertz CT molecular complexity index is 1240. The second-order valence-electron chi connectivity index (χ2n) is 7.46. The number of rotatable bonds is 3. The van der Waals surface area contributed by atoms with Gasteiger partial charge in [-0.1, -0.05) is 30.0 Å². The summed E-state index contributed by atoms with van der Waals surface area (Å²) >= 11 is 0. The number of amides is 3. The molecule has 0 aliphatic carbocycles. The molecular weight excluding hydrogens is 404 g/mol. The number of hydrogen-bond acceptors (Lipinski definition) is 5. The van der Waals surface area contributed by atoms with Crippen LogP contribution in [-0.4, -0.2) is 54.0 Å². The van der Waals surface area contributed by atoms with Crippen LogP contribution in [0.2, 0.25) is 0 Å². The van der Waals surface area contributed by atoms with Crippen molar-refractivity contribution in [3.8, 4) is 11.8 Å². The van der Waals surface area contributed by atoms with Crippen molar-refractivity contribution in [3.05, 3.63) is 53.7 Å². The Kier molecular flexibility index (Phi) is 5.05. The van der Waals surface area contributed by atoms with E-state index in [0.717, 1.165) is 22.0 Å². The highest BCUT2D eigenvalue weighted by Crippen LogP contribution is 2.20. The maximum Gasteiger partial charge on any atom is 0.322 e. The predicted octanol–water partition coefficient (Wildman–Crippen LogP) is 1.15. The van der Waals surface area contributed by atoms with Gasteiger partial charge in [0, 0.05) is 35.8 Å². The summed E-state index contributed by atoms with van der Waals surface area (Å²) in [6.45, 7) is 1.85. The van der Waals surface area contributed by atoms with Gasteiger partial charge in [-0.05, 0) is 31.5 Å². The monoisotopic (exact) mass is 424 g/mol. The van der Waals surface area contributed by atoms with E-state index >= 15 is 0 Å². The lowest BCUT2D eigenvalue weighted by atomic mass is 10.1. The lowest BCUT2D eigenvalue weighted by Crippen LogP contribution is -2.52. The van der Waals surface area contributed by atoms with Gasteiger partial charge in [0.1, 0.15) is 5.54 Å². The summed E-state index contributed by atoms with van der Waals surface area (Å²) < 4.78 is 26.8. The summed E-state index contributed by atoms with van der Waals surface area (Å²) in [5.74, 6) is 5.17. The average Bonchev–Trinajstić information content (AvgIpc) is 2.97. The van der Waals surface area contributed by atoms with E-state index in [4.69, 9.17) is 0 Å². The van der Waals surface area contributed by atoms with Crippen molar-refractivity contribution in [1.82, 2.24) is 19.9 Å². The number of nitrogens with zero attached hydrogens (tertiary/aromatic N) is 2. The molecule has 0 saturated carbocycles. The Hall–Kier alpha value is -3.22. The summed E-state index contributed by atoms with van der Waals surface area (Å²) in [5, 5.41) is 5.44. The second-order valence-corrected chi connectivity index (χ2v) is 9.43. The molecule has 4 rings (SSSR count). The maximum atomic E-state index is 12.8. The van der Waals surface area contributed by atoms with E-state index in [1.807, 2.05) is 30.3 Å². The summed E-state index contributed by atoms with van der Waals surface area (Å²) in [5.41, 5.74) is 1.13. The van der Waals surface area contributed by atoms with Crippen LogP contribution in [0.3, 0.4) is 0 Å². The largest absolute Gasteiger partial charge is 0.322 e. The predicted molar refractivity (Wildman–Crippen MR) is 112 cm³/mol. The number of fused-ring (bicyclic) bond motifs is 1. The van der Waals surface area contributed by atoms with Crippen molar-refractivity contribution in [2.45, 2.75) is 18.9 Å². The number of pyridine rings is 1. The van der Waals surface area contributed by atoms with Crippen molar-refractivity contribution in [2.75, 3.05) is 18.8 Å². The Morgan fingerprint density at radius 1 is 1.20 bits per heavy atom. The molecule has 154 valence electrons. The fraction of sp³-hybridized carbons (Fsp3) is 0.286. The fourth-order valence-corrected chi connectivity index (χ4v) is 5.30. The lowest BCUT2D eigenvalue weighted by Gasteiger charge is -2.28. The topological polar surface area (TPSA) is 108 Å². The molecule has 3 heterocycles. The molecule has 8 nitrogen and oxygen atoms in total. The van der Waals surface area contributed by atoms with Crippen molar-refractivity contribution in [1.29, 1.82) is 0 Å². The van der Waals surface area contributed by atoms with Crippen molar-refractivity contribution >= 4 is 32.9 Å². The van der Waals surface area contributed by atoms with Crippen LogP contribution in [-0.2, 0) is 14.8 Å². The van der Waals surface area contributed by atoms with Crippen LogP contribution < -0.4 is 10.6 Å². The van der Waals surface area contributed by atoms with Crippen LogP contribution in [0.5, 0.6) is 0 Å². The number of sulfonamides is 1. The molecular formula is C21H20N4O4S. The van der Waals surface area contributed by atoms with Gasteiger partial charge in [-0.2, -0.15) is 4.31 Å². The molecule has 1 aromatic carbocycles. The molecule has 30 heavy (non-hydrogen) atoms. The smallest absolute Gasteiger partial charge is 0.322 e. The molecule has 2 aliphatic heterocycles. The standard InChI is InChI=1S/C21H20N4O4S/c1-21(19(26)23-20(27)24-21)14-30(28,29)25-12-9-15(10-13-25)7-8-16-4-2-6-18-17(16)5-3-11-22-18/h2-6,9,11H,10,12-14H2,1H3,(H2,23,24,26,27)/t21-/m1/s1. The third-order valence-corrected chi connectivity index (χ3v) is 7.22. The molecule has 2 N–H and O–H groups in total. The van der Waals surface area contributed by atoms with E-state index in [0.29, 0.717) is 6.42 Å². The molecule has 1 aromatic heterocycles. The number of urea groups is 1. The van der Waals surface area contributed by atoms with Crippen molar-refractivity contribution in [2.24, 2.45) is 0 Å². The van der Waals surface area contributed by atoms with E-state index in [2.05, 4.69) is 27.5 Å². The molecule has 1 atom stereocenters. The second kappa shape index (κ2) is 7.55. The highest BCUT2D eigenvalue weighted by molar-refractivity contribution is 7.89. The Morgan fingerprint density at radius 3 is 2.73 bits per heavy atom. The van der Waals surface area contributed by atoms with Gasteiger partial charge in [0.2, 0.25) is 10.0 Å². The quantitative estimate of drug-likeness (QED) is 0.568. The number of carbonyl (C=O) groups excluding carboxylic acids is 2. The SMILES string of the molecule is C[C@]1(CS(=O)(=O)N2CC=C(C#Cc3cccc4ncccc34)CC2)NC(=O)NC1=O. The van der Waals surface area contributed by atoms with E-state index in [1.54, 1.807) is 12.3 Å². The first-order chi connectivity index (χ1) is 14.3. The van der Waals surface area contributed by atoms with E-state index in [-0.39, 0.29) is 13.1 Å². The maximum absolute atomic E-state index is 12.8. The summed E-state index contributed by atoms with van der Waals surface area (Å²) in [7, 11) is -3.74. The third-order valence-electron chi connectivity index (χ3n) is 5.16. The highest BCUT2D eigenvalue weighted by atomic mass is 32.2. The van der Waals surface area contributed by atoms with Gasteiger partial charge in [0.05, 0.1) is 11.3 Å². The molecule has 9 heteroatoms. The molecule has 0 spiro atoms. The van der Waals surface area contributed by atoms with Crippen LogP contribution in [0, 0.1) is 11.8 Å². The molecule has 1 fully saturated rings. The first-order valence-electron chi connectivity index (χ1n) is 9.43. The Labute approximate surface area is 174 Å². The molecule has 0 unspecified atom stereocenters. The fourth-order valence-electron chi connectivity index (χ4n) is 3.51.